The quantitative estimate of drug-likeness (QED) is 0.185. The molecule has 1 aliphatic heterocycles. The predicted molar refractivity (Wildman–Crippen MR) is 235 cm³/mol. The SMILES string of the molecule is C1=C(c2ccccc2)NC(c2cccc(-n3c4ccccc4c4c3ccc3c5ccc6c7ccccc7oc6c5n(-c5ccccc5)c34)c2)NC1c1ccccc1. The summed E-state index contributed by atoms with van der Waals surface area (Å²) in [7, 11) is 0. The highest BCUT2D eigenvalue weighted by Gasteiger charge is 2.26. The van der Waals surface area contributed by atoms with Crippen LogP contribution in [0.25, 0.3) is 82.6 Å². The maximum absolute atomic E-state index is 6.73. The molecule has 5 nitrogen and oxygen atoms in total. The summed E-state index contributed by atoms with van der Waals surface area (Å²) in [6, 6.07) is 67.3. The Hall–Kier alpha value is -7.34. The number of nitrogens with one attached hydrogen (secondary N) is 2. The van der Waals surface area contributed by atoms with Crippen molar-refractivity contribution in [3.8, 4) is 11.4 Å². The Bertz CT molecular complexity index is 3360. The molecule has 11 aromatic rings. The molecule has 3 aromatic heterocycles. The molecule has 0 amide bonds. The highest BCUT2D eigenvalue weighted by atomic mass is 16.3. The molecule has 0 radical (unpaired) electrons. The van der Waals surface area contributed by atoms with Crippen molar-refractivity contribution >= 4 is 71.2 Å². The number of hydrogen-bond acceptors (Lipinski definition) is 3. The van der Waals surface area contributed by atoms with Gasteiger partial charge in [-0.1, -0.05) is 140 Å². The Kier molecular flexibility index (Phi) is 7.06. The van der Waals surface area contributed by atoms with Crippen LogP contribution < -0.4 is 10.6 Å². The lowest BCUT2D eigenvalue weighted by atomic mass is 9.98. The summed E-state index contributed by atoms with van der Waals surface area (Å²) in [5.41, 5.74) is 13.3. The van der Waals surface area contributed by atoms with Gasteiger partial charge in [-0.15, -0.1) is 0 Å². The Morgan fingerprint density at radius 2 is 1.11 bits per heavy atom. The van der Waals surface area contributed by atoms with Gasteiger partial charge in [0.1, 0.15) is 11.7 Å². The molecule has 4 heterocycles. The fourth-order valence-electron chi connectivity index (χ4n) is 9.24. The molecule has 57 heavy (non-hydrogen) atoms. The minimum Gasteiger partial charge on any atom is -0.454 e. The Morgan fingerprint density at radius 1 is 0.456 bits per heavy atom. The van der Waals surface area contributed by atoms with Gasteiger partial charge in [0.25, 0.3) is 0 Å². The van der Waals surface area contributed by atoms with E-state index in [0.29, 0.717) is 0 Å². The second-order valence-corrected chi connectivity index (χ2v) is 15.0. The van der Waals surface area contributed by atoms with Crippen LogP contribution in [0.4, 0.5) is 0 Å². The molecule has 0 fully saturated rings. The van der Waals surface area contributed by atoms with Gasteiger partial charge in [-0.2, -0.15) is 0 Å². The summed E-state index contributed by atoms with van der Waals surface area (Å²) < 4.78 is 11.6. The first-order valence-corrected chi connectivity index (χ1v) is 19.6. The van der Waals surface area contributed by atoms with Crippen molar-refractivity contribution in [2.45, 2.75) is 12.2 Å². The van der Waals surface area contributed by atoms with Crippen molar-refractivity contribution < 1.29 is 4.42 Å². The molecule has 270 valence electrons. The van der Waals surface area contributed by atoms with Gasteiger partial charge >= 0.3 is 0 Å². The number of para-hydroxylation sites is 3. The average Bonchev–Trinajstić information content (AvgIpc) is 3.95. The third-order valence-electron chi connectivity index (χ3n) is 11.8. The second-order valence-electron chi connectivity index (χ2n) is 15.0. The van der Waals surface area contributed by atoms with Crippen molar-refractivity contribution in [1.82, 2.24) is 19.8 Å². The van der Waals surface area contributed by atoms with Gasteiger partial charge in [0, 0.05) is 49.4 Å². The molecule has 1 aliphatic rings. The number of aromatic nitrogens is 2. The summed E-state index contributed by atoms with van der Waals surface area (Å²) in [6.07, 6.45) is 2.18. The molecule has 0 saturated heterocycles. The monoisotopic (exact) mass is 732 g/mol. The average molecular weight is 733 g/mol. The van der Waals surface area contributed by atoms with E-state index in [0.717, 1.165) is 61.1 Å². The van der Waals surface area contributed by atoms with Crippen molar-refractivity contribution in [2.75, 3.05) is 0 Å². The van der Waals surface area contributed by atoms with Crippen LogP contribution in [0.15, 0.2) is 199 Å². The molecule has 0 spiro atoms. The zero-order chi connectivity index (χ0) is 37.5. The molecular weight excluding hydrogens is 697 g/mol. The van der Waals surface area contributed by atoms with Gasteiger partial charge in [-0.05, 0) is 71.3 Å². The molecule has 0 saturated carbocycles. The van der Waals surface area contributed by atoms with E-state index in [4.69, 9.17) is 4.42 Å². The first-order valence-electron chi connectivity index (χ1n) is 19.6. The predicted octanol–water partition coefficient (Wildman–Crippen LogP) is 12.8. The van der Waals surface area contributed by atoms with Crippen LogP contribution in [-0.4, -0.2) is 9.13 Å². The number of hydrogen-bond donors (Lipinski definition) is 2. The molecule has 2 atom stereocenters. The minimum absolute atomic E-state index is 0.0379. The number of benzene rings is 8. The lowest BCUT2D eigenvalue weighted by Crippen LogP contribution is -2.39. The van der Waals surface area contributed by atoms with Crippen LogP contribution in [0.5, 0.6) is 0 Å². The summed E-state index contributed by atoms with van der Waals surface area (Å²) in [6.45, 7) is 0. The van der Waals surface area contributed by atoms with Crippen molar-refractivity contribution in [2.24, 2.45) is 0 Å². The Labute approximate surface area is 328 Å². The fourth-order valence-corrected chi connectivity index (χ4v) is 9.24. The molecule has 8 aromatic carbocycles. The summed E-state index contributed by atoms with van der Waals surface area (Å²) in [4.78, 5) is 0. The molecule has 0 bridgehead atoms. The van der Waals surface area contributed by atoms with Crippen molar-refractivity contribution in [1.29, 1.82) is 0 Å². The van der Waals surface area contributed by atoms with E-state index in [2.05, 4.69) is 208 Å². The van der Waals surface area contributed by atoms with Gasteiger partial charge in [0.05, 0.1) is 28.1 Å². The molecular formula is C52H36N4O. The maximum atomic E-state index is 6.73. The number of fused-ring (bicyclic) bond motifs is 11. The van der Waals surface area contributed by atoms with E-state index in [-0.39, 0.29) is 12.2 Å². The molecule has 2 unspecified atom stereocenters. The fraction of sp³-hybridized carbons (Fsp3) is 0.0385. The lowest BCUT2D eigenvalue weighted by Gasteiger charge is -2.33. The number of furan rings is 1. The van der Waals surface area contributed by atoms with E-state index in [1.54, 1.807) is 0 Å². The van der Waals surface area contributed by atoms with Crippen molar-refractivity contribution in [3.05, 3.63) is 211 Å². The van der Waals surface area contributed by atoms with E-state index < -0.39 is 0 Å². The largest absolute Gasteiger partial charge is 0.454 e. The van der Waals surface area contributed by atoms with Crippen LogP contribution in [-0.2, 0) is 0 Å². The normalized spacial score (nSPS) is 15.9. The highest BCUT2D eigenvalue weighted by molar-refractivity contribution is 6.29. The molecule has 0 aliphatic carbocycles. The molecule has 5 heteroatoms. The van der Waals surface area contributed by atoms with Crippen LogP contribution in [0.2, 0.25) is 0 Å². The number of nitrogens with zero attached hydrogens (tertiary/aromatic N) is 2. The second kappa shape index (κ2) is 12.6. The van der Waals surface area contributed by atoms with Gasteiger partial charge in [0.15, 0.2) is 5.58 Å². The summed E-state index contributed by atoms with van der Waals surface area (Å²) in [5.74, 6) is 0. The van der Waals surface area contributed by atoms with Crippen LogP contribution in [0.3, 0.4) is 0 Å². The van der Waals surface area contributed by atoms with E-state index in [9.17, 15) is 0 Å². The third kappa shape index (κ3) is 4.93. The number of rotatable bonds is 5. The van der Waals surface area contributed by atoms with E-state index in [1.807, 2.05) is 6.07 Å². The lowest BCUT2D eigenvalue weighted by molar-refractivity contribution is 0.442. The topological polar surface area (TPSA) is 47.1 Å². The first kappa shape index (κ1) is 32.0. The molecule has 2 N–H and O–H groups in total. The van der Waals surface area contributed by atoms with E-state index in [1.165, 1.54) is 38.2 Å². The van der Waals surface area contributed by atoms with E-state index >= 15 is 0 Å². The van der Waals surface area contributed by atoms with Crippen LogP contribution in [0, 0.1) is 0 Å². The van der Waals surface area contributed by atoms with Gasteiger partial charge in [0.2, 0.25) is 0 Å². The Balaban J connectivity index is 1.09. The zero-order valence-corrected chi connectivity index (χ0v) is 30.9. The Morgan fingerprint density at radius 3 is 1.95 bits per heavy atom. The third-order valence-corrected chi connectivity index (χ3v) is 11.8. The summed E-state index contributed by atoms with van der Waals surface area (Å²) in [5, 5.41) is 14.8. The van der Waals surface area contributed by atoms with Crippen molar-refractivity contribution in [3.63, 3.8) is 0 Å². The van der Waals surface area contributed by atoms with Gasteiger partial charge < -0.3 is 18.9 Å². The first-order chi connectivity index (χ1) is 28.3. The zero-order valence-electron chi connectivity index (χ0n) is 30.9. The summed E-state index contributed by atoms with van der Waals surface area (Å²) >= 11 is 0. The minimum atomic E-state index is -0.123. The van der Waals surface area contributed by atoms with Crippen LogP contribution in [0.1, 0.15) is 28.9 Å². The standard InChI is InChI=1S/C52H36N4O/c1-4-15-33(16-5-1)43-32-44(34-17-6-2-7-18-34)54-52(53-43)35-19-14-22-37(31-35)55-45-25-12-10-24-42(45)48-46(55)30-29-39-40-27-28-41-38-23-11-13-26-47(38)57-51(41)50(40)56(49(39)48)36-20-8-3-9-21-36/h1-32,43,52-54H. The van der Waals surface area contributed by atoms with Crippen LogP contribution >= 0.6 is 0 Å². The smallest absolute Gasteiger partial charge is 0.160 e. The van der Waals surface area contributed by atoms with Gasteiger partial charge in [-0.3, -0.25) is 5.32 Å². The maximum Gasteiger partial charge on any atom is 0.160 e. The van der Waals surface area contributed by atoms with Gasteiger partial charge in [-0.25, -0.2) is 0 Å². The highest BCUT2D eigenvalue weighted by Crippen LogP contribution is 2.45. The molecule has 12 rings (SSSR count).